The van der Waals surface area contributed by atoms with E-state index in [9.17, 15) is 34.8 Å². The highest BCUT2D eigenvalue weighted by molar-refractivity contribution is 7.93. The minimum atomic E-state index is -4.66. The normalized spacial score (nSPS) is 12.0. The molecule has 0 unspecified atom stereocenters. The number of amides is 1. The molecule has 0 bridgehead atoms. The van der Waals surface area contributed by atoms with Gasteiger partial charge in [-0.15, -0.1) is 0 Å². The quantitative estimate of drug-likeness (QED) is 0.204. The first-order valence-corrected chi connectivity index (χ1v) is 15.9. The lowest BCUT2D eigenvalue weighted by molar-refractivity contribution is -0.137. The van der Waals surface area contributed by atoms with Gasteiger partial charge in [-0.3, -0.25) is 13.8 Å². The predicted octanol–water partition coefficient (Wildman–Crippen LogP) is 6.31. The van der Waals surface area contributed by atoms with Crippen LogP contribution in [0.2, 0.25) is 5.02 Å². The number of hydrogen-bond donors (Lipinski definition) is 2. The average Bonchev–Trinajstić information content (AvgIpc) is 2.96. The van der Waals surface area contributed by atoms with E-state index in [1.807, 2.05) is 0 Å². The van der Waals surface area contributed by atoms with Crippen molar-refractivity contribution in [2.24, 2.45) is 0 Å². The van der Waals surface area contributed by atoms with Gasteiger partial charge in [-0.1, -0.05) is 35.4 Å². The third kappa shape index (κ3) is 7.62. The fourth-order valence-corrected chi connectivity index (χ4v) is 6.66. The summed E-state index contributed by atoms with van der Waals surface area (Å²) in [5.41, 5.74) is -0.353. The van der Waals surface area contributed by atoms with Crippen LogP contribution < -0.4 is 19.1 Å². The maximum absolute atomic E-state index is 13.7. The second-order valence-corrected chi connectivity index (χ2v) is 13.4. The molecule has 0 saturated heterocycles. The summed E-state index contributed by atoms with van der Waals surface area (Å²) in [6, 6.07) is 18.8. The van der Waals surface area contributed by atoms with Crippen molar-refractivity contribution in [3.05, 3.63) is 107 Å². The Balaban J connectivity index is 1.56. The first-order valence-electron chi connectivity index (χ1n) is 12.6. The van der Waals surface area contributed by atoms with Crippen LogP contribution in [0, 0.1) is 6.92 Å². The minimum Gasteiger partial charge on any atom is -0.495 e. The summed E-state index contributed by atoms with van der Waals surface area (Å²) in [6.45, 7) is 1.09. The van der Waals surface area contributed by atoms with Gasteiger partial charge < -0.3 is 10.1 Å². The van der Waals surface area contributed by atoms with Crippen molar-refractivity contribution in [3.63, 3.8) is 0 Å². The molecule has 0 spiro atoms. The van der Waals surface area contributed by atoms with Crippen molar-refractivity contribution in [2.45, 2.75) is 22.9 Å². The van der Waals surface area contributed by atoms with E-state index in [-0.39, 0.29) is 37.6 Å². The molecule has 0 aliphatic rings. The fourth-order valence-electron chi connectivity index (χ4n) is 4.02. The highest BCUT2D eigenvalue weighted by Gasteiger charge is 2.31. The van der Waals surface area contributed by atoms with Gasteiger partial charge in [-0.2, -0.15) is 13.2 Å². The number of alkyl halides is 3. The first-order chi connectivity index (χ1) is 20.6. The number of ether oxygens (including phenoxy) is 1. The Labute approximate surface area is 257 Å². The zero-order valence-electron chi connectivity index (χ0n) is 23.1. The van der Waals surface area contributed by atoms with Crippen LogP contribution in [0.15, 0.2) is 101 Å². The van der Waals surface area contributed by atoms with Crippen LogP contribution in [-0.4, -0.2) is 36.4 Å². The van der Waals surface area contributed by atoms with E-state index in [2.05, 4.69) is 10.0 Å². The second kappa shape index (κ2) is 12.8. The zero-order valence-corrected chi connectivity index (χ0v) is 25.5. The number of hydrogen-bond acceptors (Lipinski definition) is 6. The Morgan fingerprint density at radius 1 is 0.864 bits per heavy atom. The standard InChI is InChI=1S/C29H25ClF3N3O6S2/c1-19-6-11-25(12-7-19)44(40,41)36(26-17-21(30)8-15-27(26)42-2)18-28(37)34-22-9-13-24(14-10-22)43(38,39)35-23-5-3-4-20(16-23)29(31,32)33/h3-17,35H,18H2,1-2H3,(H,34,37). The van der Waals surface area contributed by atoms with Gasteiger partial charge in [0.15, 0.2) is 0 Å². The molecule has 4 rings (SSSR count). The summed E-state index contributed by atoms with van der Waals surface area (Å²) in [4.78, 5) is 12.8. The molecule has 0 aromatic heterocycles. The third-order valence-corrected chi connectivity index (χ3v) is 9.60. The number of nitrogens with one attached hydrogen (secondary N) is 2. The maximum Gasteiger partial charge on any atom is 0.416 e. The topological polar surface area (TPSA) is 122 Å². The Kier molecular flexibility index (Phi) is 9.47. The highest BCUT2D eigenvalue weighted by Crippen LogP contribution is 2.35. The average molecular weight is 668 g/mol. The molecular formula is C29H25ClF3N3O6S2. The summed E-state index contributed by atoms with van der Waals surface area (Å²) < 4.78 is 100. The summed E-state index contributed by atoms with van der Waals surface area (Å²) in [6.07, 6.45) is -4.66. The number of halogens is 4. The molecule has 0 heterocycles. The van der Waals surface area contributed by atoms with Gasteiger partial charge in [0.2, 0.25) is 5.91 Å². The lowest BCUT2D eigenvalue weighted by Crippen LogP contribution is -2.38. The van der Waals surface area contributed by atoms with Crippen molar-refractivity contribution in [2.75, 3.05) is 28.0 Å². The minimum absolute atomic E-state index is 0.0119. The molecular weight excluding hydrogens is 643 g/mol. The van der Waals surface area contributed by atoms with Crippen LogP contribution in [-0.2, 0) is 31.0 Å². The van der Waals surface area contributed by atoms with E-state index < -0.39 is 44.2 Å². The molecule has 4 aromatic rings. The molecule has 0 aliphatic heterocycles. The largest absolute Gasteiger partial charge is 0.495 e. The van der Waals surface area contributed by atoms with Crippen LogP contribution in [0.1, 0.15) is 11.1 Å². The molecule has 2 N–H and O–H groups in total. The van der Waals surface area contributed by atoms with Crippen molar-refractivity contribution in [1.82, 2.24) is 0 Å². The van der Waals surface area contributed by atoms with Crippen molar-refractivity contribution in [1.29, 1.82) is 0 Å². The number of methoxy groups -OCH3 is 1. The lowest BCUT2D eigenvalue weighted by atomic mass is 10.2. The number of carbonyl (C=O) groups is 1. The van der Waals surface area contributed by atoms with Crippen molar-refractivity contribution in [3.8, 4) is 5.75 Å². The van der Waals surface area contributed by atoms with Gasteiger partial charge in [0.05, 0.1) is 28.2 Å². The van der Waals surface area contributed by atoms with Gasteiger partial charge in [0, 0.05) is 16.4 Å². The summed E-state index contributed by atoms with van der Waals surface area (Å²) in [5, 5.41) is 2.72. The summed E-state index contributed by atoms with van der Waals surface area (Å²) in [7, 11) is -7.25. The zero-order chi connectivity index (χ0) is 32.3. The van der Waals surface area contributed by atoms with Gasteiger partial charge in [-0.25, -0.2) is 16.8 Å². The third-order valence-electron chi connectivity index (χ3n) is 6.20. The van der Waals surface area contributed by atoms with E-state index in [0.717, 1.165) is 34.1 Å². The highest BCUT2D eigenvalue weighted by atomic mass is 35.5. The lowest BCUT2D eigenvalue weighted by Gasteiger charge is -2.26. The van der Waals surface area contributed by atoms with E-state index >= 15 is 0 Å². The van der Waals surface area contributed by atoms with Gasteiger partial charge >= 0.3 is 6.18 Å². The smallest absolute Gasteiger partial charge is 0.416 e. The molecule has 15 heteroatoms. The van der Waals surface area contributed by atoms with Crippen molar-refractivity contribution < 1.29 is 39.5 Å². The van der Waals surface area contributed by atoms with E-state index in [1.54, 1.807) is 19.1 Å². The molecule has 232 valence electrons. The molecule has 9 nitrogen and oxygen atoms in total. The summed E-state index contributed by atoms with van der Waals surface area (Å²) in [5.74, 6) is -0.638. The molecule has 1 amide bonds. The number of aryl methyl sites for hydroxylation is 1. The first kappa shape index (κ1) is 32.6. The van der Waals surface area contributed by atoms with E-state index in [4.69, 9.17) is 16.3 Å². The van der Waals surface area contributed by atoms with Crippen LogP contribution >= 0.6 is 11.6 Å². The number of anilines is 3. The Morgan fingerprint density at radius 3 is 2.11 bits per heavy atom. The fraction of sp³-hybridized carbons (Fsp3) is 0.138. The monoisotopic (exact) mass is 667 g/mol. The Hall–Kier alpha value is -4.27. The van der Waals surface area contributed by atoms with Crippen LogP contribution in [0.5, 0.6) is 5.75 Å². The second-order valence-electron chi connectivity index (χ2n) is 9.40. The Bertz CT molecular complexity index is 1890. The SMILES string of the molecule is COc1ccc(Cl)cc1N(CC(=O)Nc1ccc(S(=O)(=O)Nc2cccc(C(F)(F)F)c2)cc1)S(=O)(=O)c1ccc(C)cc1. The van der Waals surface area contributed by atoms with E-state index in [1.165, 1.54) is 55.6 Å². The molecule has 0 saturated carbocycles. The number of sulfonamides is 2. The number of rotatable bonds is 10. The molecule has 4 aromatic carbocycles. The van der Waals surface area contributed by atoms with Gasteiger partial charge in [-0.05, 0) is 79.7 Å². The summed E-state index contributed by atoms with van der Waals surface area (Å²) >= 11 is 6.15. The molecule has 0 aliphatic carbocycles. The van der Waals surface area contributed by atoms with Crippen LogP contribution in [0.3, 0.4) is 0 Å². The number of benzene rings is 4. The maximum atomic E-state index is 13.7. The molecule has 0 atom stereocenters. The molecule has 0 radical (unpaired) electrons. The number of nitrogens with zero attached hydrogens (tertiary/aromatic N) is 1. The number of carbonyl (C=O) groups excluding carboxylic acids is 1. The molecule has 0 fully saturated rings. The van der Waals surface area contributed by atoms with Crippen molar-refractivity contribution >= 4 is 54.6 Å². The van der Waals surface area contributed by atoms with E-state index in [0.29, 0.717) is 6.07 Å². The molecule has 44 heavy (non-hydrogen) atoms. The predicted molar refractivity (Wildman–Crippen MR) is 161 cm³/mol. The van der Waals surface area contributed by atoms with Gasteiger partial charge in [0.25, 0.3) is 20.0 Å². The van der Waals surface area contributed by atoms with Crippen LogP contribution in [0.4, 0.5) is 30.2 Å². The van der Waals surface area contributed by atoms with Crippen LogP contribution in [0.25, 0.3) is 0 Å². The van der Waals surface area contributed by atoms with Gasteiger partial charge in [0.1, 0.15) is 12.3 Å². The Morgan fingerprint density at radius 2 is 1.50 bits per heavy atom.